The predicted octanol–water partition coefficient (Wildman–Crippen LogP) is 1.08. The molecule has 2 amide bonds. The molecule has 12 heavy (non-hydrogen) atoms. The minimum absolute atomic E-state index is 0.0735. The first-order valence-corrected chi connectivity index (χ1v) is 4.40. The number of amides is 2. The zero-order valence-corrected chi connectivity index (χ0v) is 9.12. The Labute approximate surface area is 84.8 Å². The molecule has 0 spiro atoms. The van der Waals surface area contributed by atoms with Crippen LogP contribution in [0.3, 0.4) is 0 Å². The molecular weight excluding hydrogens is 273 g/mol. The summed E-state index contributed by atoms with van der Waals surface area (Å²) in [5, 5.41) is 0. The van der Waals surface area contributed by atoms with Crippen molar-refractivity contribution in [3.8, 4) is 0 Å². The maximum Gasteiger partial charge on any atom is 0.238 e. The smallest absolute Gasteiger partial charge is 0.238 e. The quantitative estimate of drug-likeness (QED) is 0.380. The minimum Gasteiger partial charge on any atom is -0.300 e. The first kappa shape index (κ1) is 11.5. The SMILES string of the molecule is CC(C)=O.O=C1CCC(=O)N1I. The number of hydrogen-bond acceptors (Lipinski definition) is 3. The van der Waals surface area contributed by atoms with Gasteiger partial charge in [-0.3, -0.25) is 9.59 Å². The molecule has 0 bridgehead atoms. The fraction of sp³-hybridized carbons (Fsp3) is 0.571. The average Bonchev–Trinajstić information content (AvgIpc) is 2.19. The highest BCUT2D eigenvalue weighted by atomic mass is 127. The van der Waals surface area contributed by atoms with Crippen LogP contribution < -0.4 is 0 Å². The van der Waals surface area contributed by atoms with E-state index in [2.05, 4.69) is 0 Å². The molecule has 1 rings (SSSR count). The van der Waals surface area contributed by atoms with Gasteiger partial charge in [0.15, 0.2) is 0 Å². The van der Waals surface area contributed by atoms with Crippen molar-refractivity contribution < 1.29 is 14.4 Å². The highest BCUT2D eigenvalue weighted by molar-refractivity contribution is 14.1. The van der Waals surface area contributed by atoms with E-state index in [0.29, 0.717) is 12.8 Å². The van der Waals surface area contributed by atoms with Gasteiger partial charge in [0.05, 0.1) is 22.9 Å². The number of hydrogen-bond donors (Lipinski definition) is 0. The van der Waals surface area contributed by atoms with E-state index in [-0.39, 0.29) is 17.6 Å². The molecule has 0 unspecified atom stereocenters. The number of ketones is 1. The lowest BCUT2D eigenvalue weighted by atomic mass is 10.4. The Bertz CT molecular complexity index is 195. The van der Waals surface area contributed by atoms with E-state index in [4.69, 9.17) is 0 Å². The maximum atomic E-state index is 10.5. The molecular formula is C7H10INO3. The van der Waals surface area contributed by atoms with E-state index >= 15 is 0 Å². The molecule has 0 radical (unpaired) electrons. The average molecular weight is 283 g/mol. The van der Waals surface area contributed by atoms with Crippen LogP contribution in [0, 0.1) is 0 Å². The van der Waals surface area contributed by atoms with E-state index in [9.17, 15) is 14.4 Å². The van der Waals surface area contributed by atoms with Crippen LogP contribution in [0.25, 0.3) is 0 Å². The lowest BCUT2D eigenvalue weighted by Gasteiger charge is -1.97. The molecule has 0 atom stereocenters. The summed E-state index contributed by atoms with van der Waals surface area (Å²) in [6.45, 7) is 3.06. The second-order valence-electron chi connectivity index (χ2n) is 2.48. The van der Waals surface area contributed by atoms with Crippen molar-refractivity contribution in [3.05, 3.63) is 0 Å². The summed E-state index contributed by atoms with van der Waals surface area (Å²) >= 11 is 1.72. The number of halogens is 1. The van der Waals surface area contributed by atoms with Gasteiger partial charge in [0.2, 0.25) is 11.8 Å². The Morgan fingerprint density at radius 3 is 1.58 bits per heavy atom. The number of carbonyl (C=O) groups is 3. The number of nitrogens with zero attached hydrogens (tertiary/aromatic N) is 1. The van der Waals surface area contributed by atoms with Crippen LogP contribution in [-0.2, 0) is 14.4 Å². The number of imide groups is 1. The second kappa shape index (κ2) is 5.23. The molecule has 68 valence electrons. The Morgan fingerprint density at radius 2 is 1.50 bits per heavy atom. The molecule has 0 N–H and O–H groups in total. The molecule has 0 saturated carbocycles. The molecule has 1 fully saturated rings. The van der Waals surface area contributed by atoms with Crippen LogP contribution in [0.4, 0.5) is 0 Å². The Hall–Kier alpha value is -0.460. The maximum absolute atomic E-state index is 10.5. The molecule has 1 aliphatic rings. The molecule has 0 aliphatic carbocycles. The molecule has 1 aliphatic heterocycles. The zero-order chi connectivity index (χ0) is 9.72. The van der Waals surface area contributed by atoms with Crippen molar-refractivity contribution in [1.82, 2.24) is 3.11 Å². The Morgan fingerprint density at radius 1 is 1.25 bits per heavy atom. The largest absolute Gasteiger partial charge is 0.300 e. The third kappa shape index (κ3) is 4.42. The first-order valence-electron chi connectivity index (χ1n) is 3.44. The van der Waals surface area contributed by atoms with E-state index < -0.39 is 0 Å². The molecule has 1 saturated heterocycles. The Kier molecular flexibility index (Phi) is 5.03. The van der Waals surface area contributed by atoms with Gasteiger partial charge in [-0.2, -0.15) is 0 Å². The highest BCUT2D eigenvalue weighted by Gasteiger charge is 2.26. The van der Waals surface area contributed by atoms with Crippen molar-refractivity contribution in [3.63, 3.8) is 0 Å². The third-order valence-electron chi connectivity index (χ3n) is 0.991. The predicted molar refractivity (Wildman–Crippen MR) is 51.5 cm³/mol. The van der Waals surface area contributed by atoms with Crippen molar-refractivity contribution in [2.75, 3.05) is 0 Å². The number of carbonyl (C=O) groups excluding carboxylic acids is 3. The molecule has 0 aromatic rings. The molecule has 1 heterocycles. The van der Waals surface area contributed by atoms with E-state index in [1.165, 1.54) is 13.8 Å². The van der Waals surface area contributed by atoms with Gasteiger partial charge in [-0.1, -0.05) is 0 Å². The van der Waals surface area contributed by atoms with Crippen molar-refractivity contribution in [2.24, 2.45) is 0 Å². The third-order valence-corrected chi connectivity index (χ3v) is 2.07. The summed E-state index contributed by atoms with van der Waals surface area (Å²) in [6.07, 6.45) is 0.781. The van der Waals surface area contributed by atoms with Gasteiger partial charge >= 0.3 is 0 Å². The molecule has 0 aromatic carbocycles. The summed E-state index contributed by atoms with van der Waals surface area (Å²) in [5.41, 5.74) is 0. The second-order valence-corrected chi connectivity index (χ2v) is 3.44. The van der Waals surface area contributed by atoms with Crippen molar-refractivity contribution in [2.45, 2.75) is 26.7 Å². The van der Waals surface area contributed by atoms with Gasteiger partial charge in [-0.05, 0) is 13.8 Å². The highest BCUT2D eigenvalue weighted by Crippen LogP contribution is 2.15. The molecule has 0 aromatic heterocycles. The topological polar surface area (TPSA) is 54.5 Å². The van der Waals surface area contributed by atoms with Crippen LogP contribution in [0.1, 0.15) is 26.7 Å². The van der Waals surface area contributed by atoms with Gasteiger partial charge in [-0.25, -0.2) is 3.11 Å². The van der Waals surface area contributed by atoms with Crippen molar-refractivity contribution in [1.29, 1.82) is 0 Å². The fourth-order valence-corrected chi connectivity index (χ4v) is 1.03. The zero-order valence-electron chi connectivity index (χ0n) is 6.96. The standard InChI is InChI=1S/C4H4INO2.C3H6O/c5-6-3(7)1-2-4(6)8;1-3(2)4/h1-2H2;1-2H3. The van der Waals surface area contributed by atoms with E-state index in [1.54, 1.807) is 22.9 Å². The summed E-state index contributed by atoms with van der Waals surface area (Å²) in [4.78, 5) is 30.4. The van der Waals surface area contributed by atoms with Gasteiger partial charge in [-0.15, -0.1) is 0 Å². The summed E-state index contributed by atoms with van der Waals surface area (Å²) in [7, 11) is 0. The fourth-order valence-electron chi connectivity index (χ4n) is 0.549. The summed E-state index contributed by atoms with van der Waals surface area (Å²) in [6, 6.07) is 0. The summed E-state index contributed by atoms with van der Waals surface area (Å²) < 4.78 is 1.14. The van der Waals surface area contributed by atoms with E-state index in [0.717, 1.165) is 3.11 Å². The normalized spacial score (nSPS) is 15.8. The van der Waals surface area contributed by atoms with Gasteiger partial charge in [0.25, 0.3) is 0 Å². The van der Waals surface area contributed by atoms with Gasteiger partial charge in [0.1, 0.15) is 5.78 Å². The van der Waals surface area contributed by atoms with Crippen LogP contribution in [0.2, 0.25) is 0 Å². The minimum atomic E-state index is -0.0735. The number of Topliss-reactive ketones (excluding diaryl/α,β-unsaturated/α-hetero) is 1. The molecule has 5 heteroatoms. The lowest BCUT2D eigenvalue weighted by Crippen LogP contribution is -2.16. The molecule has 4 nitrogen and oxygen atoms in total. The van der Waals surface area contributed by atoms with Gasteiger partial charge in [0, 0.05) is 12.8 Å². The number of rotatable bonds is 0. The van der Waals surface area contributed by atoms with Crippen molar-refractivity contribution >= 4 is 40.5 Å². The van der Waals surface area contributed by atoms with Crippen LogP contribution in [-0.4, -0.2) is 20.7 Å². The first-order chi connectivity index (χ1) is 5.45. The monoisotopic (exact) mass is 283 g/mol. The van der Waals surface area contributed by atoms with E-state index in [1.807, 2.05) is 0 Å². The van der Waals surface area contributed by atoms with Gasteiger partial charge < -0.3 is 4.79 Å². The van der Waals surface area contributed by atoms with Crippen LogP contribution in [0.5, 0.6) is 0 Å². The summed E-state index contributed by atoms with van der Waals surface area (Å²) in [5.74, 6) is 0.0196. The Balaban J connectivity index is 0.000000261. The van der Waals surface area contributed by atoms with Crippen LogP contribution in [0.15, 0.2) is 0 Å². The van der Waals surface area contributed by atoms with Crippen LogP contribution >= 0.6 is 22.9 Å². The lowest BCUT2D eigenvalue weighted by molar-refractivity contribution is -0.130.